The summed E-state index contributed by atoms with van der Waals surface area (Å²) in [5.74, 6) is -0.622. The van der Waals surface area contributed by atoms with Gasteiger partial charge < -0.3 is 5.11 Å². The molecule has 0 aliphatic carbocycles. The van der Waals surface area contributed by atoms with Crippen molar-refractivity contribution in [3.63, 3.8) is 0 Å². The van der Waals surface area contributed by atoms with Gasteiger partial charge >= 0.3 is 5.97 Å². The van der Waals surface area contributed by atoms with Gasteiger partial charge in [-0.25, -0.2) is 8.42 Å². The second-order valence-corrected chi connectivity index (χ2v) is 6.34. The number of sulfonamides is 1. The number of aromatic nitrogens is 2. The normalized spacial score (nSPS) is 13.4. The van der Waals surface area contributed by atoms with Gasteiger partial charge in [0.2, 0.25) is 10.0 Å². The second-order valence-electron chi connectivity index (χ2n) is 3.64. The first-order valence-electron chi connectivity index (χ1n) is 5.09. The number of hydrogen-bond donors (Lipinski definition) is 2. The molecule has 1 heterocycles. The zero-order valence-corrected chi connectivity index (χ0v) is 11.7. The molecule has 0 aliphatic rings. The van der Waals surface area contributed by atoms with E-state index in [4.69, 9.17) is 5.11 Å². The van der Waals surface area contributed by atoms with E-state index >= 15 is 0 Å². The Morgan fingerprint density at radius 3 is 2.78 bits per heavy atom. The number of thioether (sulfide) groups is 1. The molecule has 0 bridgehead atoms. The average molecular weight is 293 g/mol. The van der Waals surface area contributed by atoms with E-state index in [1.165, 1.54) is 28.8 Å². The van der Waals surface area contributed by atoms with Gasteiger partial charge in [0, 0.05) is 13.2 Å². The van der Waals surface area contributed by atoms with E-state index in [-0.39, 0.29) is 11.3 Å². The van der Waals surface area contributed by atoms with E-state index < -0.39 is 22.0 Å². The lowest BCUT2D eigenvalue weighted by Gasteiger charge is -2.13. The van der Waals surface area contributed by atoms with Crippen LogP contribution >= 0.6 is 11.8 Å². The molecule has 102 valence electrons. The number of carboxylic acid groups (broad SMARTS) is 1. The van der Waals surface area contributed by atoms with Crippen molar-refractivity contribution < 1.29 is 18.3 Å². The maximum Gasteiger partial charge on any atom is 0.321 e. The Morgan fingerprint density at radius 2 is 2.33 bits per heavy atom. The van der Waals surface area contributed by atoms with Crippen LogP contribution in [0.1, 0.15) is 6.42 Å². The Morgan fingerprint density at radius 1 is 1.67 bits per heavy atom. The van der Waals surface area contributed by atoms with Crippen LogP contribution in [0.25, 0.3) is 0 Å². The number of hydrogen-bond acceptors (Lipinski definition) is 5. The summed E-state index contributed by atoms with van der Waals surface area (Å²) >= 11 is 1.46. The van der Waals surface area contributed by atoms with Crippen molar-refractivity contribution in [2.24, 2.45) is 7.05 Å². The summed E-state index contributed by atoms with van der Waals surface area (Å²) in [7, 11) is -2.25. The van der Waals surface area contributed by atoms with Gasteiger partial charge in [0.25, 0.3) is 0 Å². The molecular formula is C9H15N3O4S2. The SMILES string of the molecule is CSCC[C@H](NS(=O)(=O)c1cnn(C)c1)C(=O)O. The highest BCUT2D eigenvalue weighted by molar-refractivity contribution is 7.98. The number of carboxylic acids is 1. The molecule has 0 amide bonds. The quantitative estimate of drug-likeness (QED) is 0.728. The van der Waals surface area contributed by atoms with Crippen LogP contribution in [0.2, 0.25) is 0 Å². The summed E-state index contributed by atoms with van der Waals surface area (Å²) in [5.41, 5.74) is 0. The number of nitrogens with one attached hydrogen (secondary N) is 1. The predicted molar refractivity (Wildman–Crippen MR) is 68.0 cm³/mol. The molecule has 0 fully saturated rings. The third-order valence-electron chi connectivity index (χ3n) is 2.20. The van der Waals surface area contributed by atoms with Crippen molar-refractivity contribution in [1.82, 2.24) is 14.5 Å². The second kappa shape index (κ2) is 6.21. The number of carbonyl (C=O) groups is 1. The molecule has 7 nitrogen and oxygen atoms in total. The van der Waals surface area contributed by atoms with Gasteiger partial charge in [-0.1, -0.05) is 0 Å². The molecule has 18 heavy (non-hydrogen) atoms. The largest absolute Gasteiger partial charge is 0.480 e. The molecule has 0 radical (unpaired) electrons. The van der Waals surface area contributed by atoms with E-state index in [1.807, 2.05) is 6.26 Å². The molecule has 2 N–H and O–H groups in total. The van der Waals surface area contributed by atoms with E-state index in [1.54, 1.807) is 7.05 Å². The topological polar surface area (TPSA) is 101 Å². The number of aryl methyl sites for hydroxylation is 1. The van der Waals surface area contributed by atoms with E-state index in [0.29, 0.717) is 5.75 Å². The Hall–Kier alpha value is -1.06. The number of aliphatic carboxylic acids is 1. The third-order valence-corrected chi connectivity index (χ3v) is 4.27. The van der Waals surface area contributed by atoms with Crippen molar-refractivity contribution in [2.75, 3.05) is 12.0 Å². The van der Waals surface area contributed by atoms with Crippen LogP contribution < -0.4 is 4.72 Å². The molecule has 0 saturated heterocycles. The molecule has 0 unspecified atom stereocenters. The van der Waals surface area contributed by atoms with E-state index in [9.17, 15) is 13.2 Å². The van der Waals surface area contributed by atoms with Crippen molar-refractivity contribution in [3.8, 4) is 0 Å². The molecular weight excluding hydrogens is 278 g/mol. The highest BCUT2D eigenvalue weighted by atomic mass is 32.2. The molecule has 0 saturated carbocycles. The van der Waals surface area contributed by atoms with Crippen molar-refractivity contribution in [2.45, 2.75) is 17.4 Å². The lowest BCUT2D eigenvalue weighted by molar-refractivity contribution is -0.139. The average Bonchev–Trinajstić information content (AvgIpc) is 2.71. The molecule has 0 aliphatic heterocycles. The van der Waals surface area contributed by atoms with Gasteiger partial charge in [0.15, 0.2) is 0 Å². The summed E-state index contributed by atoms with van der Waals surface area (Å²) in [6.07, 6.45) is 4.55. The first-order chi connectivity index (χ1) is 8.36. The lowest BCUT2D eigenvalue weighted by atomic mass is 10.2. The van der Waals surface area contributed by atoms with Crippen molar-refractivity contribution in [3.05, 3.63) is 12.4 Å². The van der Waals surface area contributed by atoms with Gasteiger partial charge in [-0.15, -0.1) is 0 Å². The molecule has 1 aromatic heterocycles. The minimum Gasteiger partial charge on any atom is -0.480 e. The summed E-state index contributed by atoms with van der Waals surface area (Å²) in [6.45, 7) is 0. The molecule has 1 aromatic rings. The van der Waals surface area contributed by atoms with Gasteiger partial charge in [0.1, 0.15) is 10.9 Å². The van der Waals surface area contributed by atoms with Crippen LogP contribution in [0, 0.1) is 0 Å². The molecule has 1 rings (SSSR count). The maximum atomic E-state index is 11.9. The number of rotatable bonds is 7. The Balaban J connectivity index is 2.82. The summed E-state index contributed by atoms with van der Waals surface area (Å²) in [6, 6.07) is -1.12. The standard InChI is InChI=1S/C9H15N3O4S2/c1-12-6-7(5-10-12)18(15,16)11-8(9(13)14)3-4-17-2/h5-6,8,11H,3-4H2,1-2H3,(H,13,14)/t8-/m0/s1. The monoisotopic (exact) mass is 293 g/mol. The highest BCUT2D eigenvalue weighted by Gasteiger charge is 2.25. The lowest BCUT2D eigenvalue weighted by Crippen LogP contribution is -2.41. The minimum atomic E-state index is -3.84. The minimum absolute atomic E-state index is 0.0413. The predicted octanol–water partition coefficient (Wildman–Crippen LogP) is -0.0953. The van der Waals surface area contributed by atoms with Crippen molar-refractivity contribution in [1.29, 1.82) is 0 Å². The Labute approximate surface area is 110 Å². The molecule has 1 atom stereocenters. The van der Waals surface area contributed by atoms with Gasteiger partial charge in [-0.2, -0.15) is 21.6 Å². The van der Waals surface area contributed by atoms with E-state index in [2.05, 4.69) is 9.82 Å². The summed E-state index contributed by atoms with van der Waals surface area (Å²) in [5, 5.41) is 12.7. The third kappa shape index (κ3) is 4.00. The van der Waals surface area contributed by atoms with Crippen LogP contribution in [-0.4, -0.2) is 47.3 Å². The number of nitrogens with zero attached hydrogens (tertiary/aromatic N) is 2. The van der Waals surface area contributed by atoms with Crippen molar-refractivity contribution >= 4 is 27.8 Å². The fourth-order valence-corrected chi connectivity index (χ4v) is 2.94. The Bertz CT molecular complexity index is 512. The zero-order chi connectivity index (χ0) is 13.8. The summed E-state index contributed by atoms with van der Waals surface area (Å²) < 4.78 is 27.3. The van der Waals surface area contributed by atoms with Gasteiger partial charge in [0.05, 0.1) is 6.20 Å². The highest BCUT2D eigenvalue weighted by Crippen LogP contribution is 2.09. The van der Waals surface area contributed by atoms with Gasteiger partial charge in [-0.3, -0.25) is 9.48 Å². The molecule has 0 spiro atoms. The van der Waals surface area contributed by atoms with Crippen LogP contribution in [-0.2, 0) is 21.9 Å². The molecule has 9 heteroatoms. The molecule has 0 aromatic carbocycles. The fourth-order valence-electron chi connectivity index (χ4n) is 1.26. The van der Waals surface area contributed by atoms with Gasteiger partial charge in [-0.05, 0) is 18.4 Å². The zero-order valence-electron chi connectivity index (χ0n) is 10.0. The summed E-state index contributed by atoms with van der Waals surface area (Å²) in [4.78, 5) is 10.9. The van der Waals surface area contributed by atoms with Crippen LogP contribution in [0.15, 0.2) is 17.3 Å². The fraction of sp³-hybridized carbons (Fsp3) is 0.556. The maximum absolute atomic E-state index is 11.9. The smallest absolute Gasteiger partial charge is 0.321 e. The first kappa shape index (κ1) is 15.0. The van der Waals surface area contributed by atoms with Crippen LogP contribution in [0.4, 0.5) is 0 Å². The first-order valence-corrected chi connectivity index (χ1v) is 7.97. The Kier molecular flexibility index (Phi) is 5.17. The van der Waals surface area contributed by atoms with E-state index in [0.717, 1.165) is 0 Å². The van der Waals surface area contributed by atoms with Crippen LogP contribution in [0.3, 0.4) is 0 Å². The van der Waals surface area contributed by atoms with Crippen LogP contribution in [0.5, 0.6) is 0 Å².